The van der Waals surface area contributed by atoms with E-state index in [4.69, 9.17) is 16.7 Å². The summed E-state index contributed by atoms with van der Waals surface area (Å²) < 4.78 is 13.4. The molecule has 0 spiro atoms. The van der Waals surface area contributed by atoms with Crippen LogP contribution in [0.4, 0.5) is 10.1 Å². The molecular formula is C12H14ClFN2O3. The highest BCUT2D eigenvalue weighted by Gasteiger charge is 2.19. The highest BCUT2D eigenvalue weighted by molar-refractivity contribution is 6.30. The minimum atomic E-state index is -1.03. The molecule has 0 aliphatic rings. The fourth-order valence-electron chi connectivity index (χ4n) is 1.33. The molecule has 5 nitrogen and oxygen atoms in total. The standard InChI is InChI=1S/C12H14ClFN2O3/c1-7(12(18)19)16(2)6-11(17)15-10-4-3-8(13)5-9(10)14/h3-5,7H,6H2,1-2H3,(H,15,17)(H,18,19). The first-order valence-corrected chi connectivity index (χ1v) is 5.87. The number of halogens is 2. The Morgan fingerprint density at radius 3 is 2.68 bits per heavy atom. The van der Waals surface area contributed by atoms with E-state index in [1.165, 1.54) is 31.0 Å². The molecule has 0 saturated heterocycles. The molecule has 0 saturated carbocycles. The van der Waals surface area contributed by atoms with E-state index in [2.05, 4.69) is 5.32 Å². The third-order valence-electron chi connectivity index (χ3n) is 2.62. The average molecular weight is 289 g/mol. The van der Waals surface area contributed by atoms with Crippen molar-refractivity contribution in [2.75, 3.05) is 18.9 Å². The van der Waals surface area contributed by atoms with Gasteiger partial charge in [0.2, 0.25) is 5.91 Å². The van der Waals surface area contributed by atoms with Gasteiger partial charge in [-0.15, -0.1) is 0 Å². The van der Waals surface area contributed by atoms with Crippen LogP contribution in [-0.2, 0) is 9.59 Å². The van der Waals surface area contributed by atoms with E-state index >= 15 is 0 Å². The summed E-state index contributed by atoms with van der Waals surface area (Å²) in [6.07, 6.45) is 0. The summed E-state index contributed by atoms with van der Waals surface area (Å²) in [4.78, 5) is 23.7. The van der Waals surface area contributed by atoms with Gasteiger partial charge < -0.3 is 10.4 Å². The van der Waals surface area contributed by atoms with Crippen LogP contribution in [-0.4, -0.2) is 41.5 Å². The van der Waals surface area contributed by atoms with Crippen LogP contribution in [0.1, 0.15) is 6.92 Å². The van der Waals surface area contributed by atoms with Gasteiger partial charge in [0.05, 0.1) is 12.2 Å². The number of rotatable bonds is 5. The SMILES string of the molecule is CC(C(=O)O)N(C)CC(=O)Nc1ccc(Cl)cc1F. The lowest BCUT2D eigenvalue weighted by atomic mass is 10.3. The predicted molar refractivity (Wildman–Crippen MR) is 69.8 cm³/mol. The molecule has 1 atom stereocenters. The fourth-order valence-corrected chi connectivity index (χ4v) is 1.49. The first-order chi connectivity index (χ1) is 8.81. The van der Waals surface area contributed by atoms with Crippen molar-refractivity contribution in [1.82, 2.24) is 4.90 Å². The summed E-state index contributed by atoms with van der Waals surface area (Å²) >= 11 is 5.59. The molecule has 1 unspecified atom stereocenters. The number of hydrogen-bond acceptors (Lipinski definition) is 3. The molecule has 7 heteroatoms. The van der Waals surface area contributed by atoms with Crippen LogP contribution < -0.4 is 5.32 Å². The Morgan fingerprint density at radius 2 is 2.16 bits per heavy atom. The molecule has 0 aliphatic carbocycles. The quantitative estimate of drug-likeness (QED) is 0.867. The number of carbonyl (C=O) groups excluding carboxylic acids is 1. The molecule has 0 fully saturated rings. The summed E-state index contributed by atoms with van der Waals surface area (Å²) in [6.45, 7) is 1.30. The van der Waals surface area contributed by atoms with Gasteiger partial charge in [0, 0.05) is 5.02 Å². The van der Waals surface area contributed by atoms with Crippen molar-refractivity contribution in [2.24, 2.45) is 0 Å². The Kier molecular flexibility index (Phi) is 5.26. The van der Waals surface area contributed by atoms with Crippen LogP contribution in [0.3, 0.4) is 0 Å². The molecule has 2 N–H and O–H groups in total. The van der Waals surface area contributed by atoms with Crippen LogP contribution in [0.5, 0.6) is 0 Å². The second-order valence-corrected chi connectivity index (χ2v) is 4.54. The van der Waals surface area contributed by atoms with E-state index in [1.807, 2.05) is 0 Å². The number of anilines is 1. The second-order valence-electron chi connectivity index (χ2n) is 4.10. The van der Waals surface area contributed by atoms with Gasteiger partial charge in [-0.05, 0) is 32.2 Å². The molecule has 1 amide bonds. The smallest absolute Gasteiger partial charge is 0.320 e. The Bertz CT molecular complexity index is 496. The maximum absolute atomic E-state index is 13.4. The number of carbonyl (C=O) groups is 2. The number of likely N-dealkylation sites (N-methyl/N-ethyl adjacent to an activating group) is 1. The molecule has 1 rings (SSSR count). The normalized spacial score (nSPS) is 12.3. The monoisotopic (exact) mass is 288 g/mol. The van der Waals surface area contributed by atoms with E-state index in [0.29, 0.717) is 0 Å². The van der Waals surface area contributed by atoms with Gasteiger partial charge in [0.1, 0.15) is 11.9 Å². The minimum absolute atomic E-state index is 0.00535. The summed E-state index contributed by atoms with van der Waals surface area (Å²) in [5.74, 6) is -2.18. The number of aliphatic carboxylic acids is 1. The zero-order valence-corrected chi connectivity index (χ0v) is 11.2. The average Bonchev–Trinajstić information content (AvgIpc) is 2.31. The lowest BCUT2D eigenvalue weighted by molar-refractivity contribution is -0.142. The Hall–Kier alpha value is -1.66. The van der Waals surface area contributed by atoms with Crippen LogP contribution in [0.15, 0.2) is 18.2 Å². The number of nitrogens with zero attached hydrogens (tertiary/aromatic N) is 1. The van der Waals surface area contributed by atoms with E-state index in [0.717, 1.165) is 6.07 Å². The molecule has 0 aliphatic heterocycles. The Morgan fingerprint density at radius 1 is 1.53 bits per heavy atom. The van der Waals surface area contributed by atoms with Crippen molar-refractivity contribution < 1.29 is 19.1 Å². The van der Waals surface area contributed by atoms with E-state index < -0.39 is 23.7 Å². The van der Waals surface area contributed by atoms with E-state index in [-0.39, 0.29) is 17.3 Å². The van der Waals surface area contributed by atoms with Crippen molar-refractivity contribution in [3.8, 4) is 0 Å². The zero-order chi connectivity index (χ0) is 14.6. The van der Waals surface area contributed by atoms with Gasteiger partial charge >= 0.3 is 5.97 Å². The maximum Gasteiger partial charge on any atom is 0.320 e. The molecule has 1 aromatic rings. The third-order valence-corrected chi connectivity index (χ3v) is 2.85. The molecule has 19 heavy (non-hydrogen) atoms. The zero-order valence-electron chi connectivity index (χ0n) is 10.5. The Balaban J connectivity index is 2.63. The molecule has 0 radical (unpaired) electrons. The lowest BCUT2D eigenvalue weighted by Gasteiger charge is -2.20. The van der Waals surface area contributed by atoms with Crippen molar-refractivity contribution >= 4 is 29.2 Å². The summed E-state index contributed by atoms with van der Waals surface area (Å²) in [5, 5.41) is 11.4. The van der Waals surface area contributed by atoms with Gasteiger partial charge in [-0.1, -0.05) is 11.6 Å². The van der Waals surface area contributed by atoms with Gasteiger partial charge in [-0.3, -0.25) is 14.5 Å². The number of carboxylic acid groups (broad SMARTS) is 1. The minimum Gasteiger partial charge on any atom is -0.480 e. The van der Waals surface area contributed by atoms with E-state index in [9.17, 15) is 14.0 Å². The number of hydrogen-bond donors (Lipinski definition) is 2. The van der Waals surface area contributed by atoms with Crippen LogP contribution in [0.2, 0.25) is 5.02 Å². The number of benzene rings is 1. The third kappa shape index (κ3) is 4.50. The van der Waals surface area contributed by atoms with Gasteiger partial charge in [0.15, 0.2) is 0 Å². The summed E-state index contributed by atoms with van der Waals surface area (Å²) in [7, 11) is 1.50. The van der Waals surface area contributed by atoms with E-state index in [1.54, 1.807) is 0 Å². The van der Waals surface area contributed by atoms with Crippen molar-refractivity contribution in [3.63, 3.8) is 0 Å². The number of carboxylic acids is 1. The summed E-state index contributed by atoms with van der Waals surface area (Å²) in [6, 6.07) is 3.07. The van der Waals surface area contributed by atoms with Crippen LogP contribution in [0, 0.1) is 5.82 Å². The number of nitrogens with one attached hydrogen (secondary N) is 1. The van der Waals surface area contributed by atoms with Gasteiger partial charge in [-0.2, -0.15) is 0 Å². The van der Waals surface area contributed by atoms with Gasteiger partial charge in [-0.25, -0.2) is 4.39 Å². The molecule has 0 heterocycles. The van der Waals surface area contributed by atoms with Crippen molar-refractivity contribution in [3.05, 3.63) is 29.0 Å². The maximum atomic E-state index is 13.4. The molecule has 104 valence electrons. The predicted octanol–water partition coefficient (Wildman–Crippen LogP) is 1.82. The van der Waals surface area contributed by atoms with Gasteiger partial charge in [0.25, 0.3) is 0 Å². The lowest BCUT2D eigenvalue weighted by Crippen LogP contribution is -2.40. The van der Waals surface area contributed by atoms with Crippen LogP contribution >= 0.6 is 11.6 Å². The van der Waals surface area contributed by atoms with Crippen molar-refractivity contribution in [2.45, 2.75) is 13.0 Å². The second kappa shape index (κ2) is 6.49. The molecular weight excluding hydrogens is 275 g/mol. The largest absolute Gasteiger partial charge is 0.480 e. The highest BCUT2D eigenvalue weighted by atomic mass is 35.5. The molecule has 1 aromatic carbocycles. The van der Waals surface area contributed by atoms with Crippen molar-refractivity contribution in [1.29, 1.82) is 0 Å². The first-order valence-electron chi connectivity index (χ1n) is 5.49. The van der Waals surface area contributed by atoms with Crippen LogP contribution in [0.25, 0.3) is 0 Å². The number of amides is 1. The molecule has 0 aromatic heterocycles. The highest BCUT2D eigenvalue weighted by Crippen LogP contribution is 2.18. The summed E-state index contributed by atoms with van der Waals surface area (Å²) in [5.41, 5.74) is 0.00535. The first kappa shape index (κ1) is 15.4. The molecule has 0 bridgehead atoms. The fraction of sp³-hybridized carbons (Fsp3) is 0.333. The Labute approximate surface area is 115 Å². The topological polar surface area (TPSA) is 69.6 Å².